The van der Waals surface area contributed by atoms with Gasteiger partial charge in [0.2, 0.25) is 0 Å². The van der Waals surface area contributed by atoms with Crippen molar-refractivity contribution >= 4 is 20.1 Å². The first-order chi connectivity index (χ1) is 9.33. The molecule has 0 aliphatic carbocycles. The third-order valence-corrected chi connectivity index (χ3v) is 6.61. The maximum absolute atomic E-state index is 5.44. The molecule has 4 heteroatoms. The molecule has 0 saturated carbocycles. The van der Waals surface area contributed by atoms with Gasteiger partial charge in [-0.1, -0.05) is 42.1 Å². The van der Waals surface area contributed by atoms with E-state index < -0.39 is 8.80 Å². The van der Waals surface area contributed by atoms with E-state index in [9.17, 15) is 0 Å². The van der Waals surface area contributed by atoms with Gasteiger partial charge in [-0.05, 0) is 11.7 Å². The SMILES string of the molecule is C=Cc1ccc([SiH](COC)CN2CCOCC2)cc1. The molecule has 1 fully saturated rings. The molecule has 0 N–H and O–H groups in total. The minimum atomic E-state index is -1.08. The van der Waals surface area contributed by atoms with Crippen LogP contribution in [0, 0.1) is 0 Å². The summed E-state index contributed by atoms with van der Waals surface area (Å²) >= 11 is 0. The van der Waals surface area contributed by atoms with Crippen molar-refractivity contribution in [3.63, 3.8) is 0 Å². The van der Waals surface area contributed by atoms with Gasteiger partial charge in [0.25, 0.3) is 0 Å². The molecule has 104 valence electrons. The van der Waals surface area contributed by atoms with E-state index in [-0.39, 0.29) is 0 Å². The molecule has 1 saturated heterocycles. The normalized spacial score (nSPS) is 18.2. The quantitative estimate of drug-likeness (QED) is 0.719. The van der Waals surface area contributed by atoms with Crippen LogP contribution in [0.25, 0.3) is 6.08 Å². The van der Waals surface area contributed by atoms with Crippen LogP contribution in [0.4, 0.5) is 0 Å². The molecule has 2 rings (SSSR count). The number of morpholine rings is 1. The second kappa shape index (κ2) is 7.60. The van der Waals surface area contributed by atoms with E-state index in [0.29, 0.717) is 0 Å². The fourth-order valence-electron chi connectivity index (χ4n) is 2.46. The maximum atomic E-state index is 5.44. The Morgan fingerprint density at radius 3 is 2.58 bits per heavy atom. The van der Waals surface area contributed by atoms with E-state index in [0.717, 1.165) is 32.5 Å². The summed E-state index contributed by atoms with van der Waals surface area (Å²) in [5, 5.41) is 1.47. The number of hydrogen-bond acceptors (Lipinski definition) is 3. The second-order valence-electron chi connectivity index (χ2n) is 4.94. The van der Waals surface area contributed by atoms with Gasteiger partial charge in [-0.2, -0.15) is 0 Å². The van der Waals surface area contributed by atoms with Crippen LogP contribution in [0.3, 0.4) is 0 Å². The van der Waals surface area contributed by atoms with Gasteiger partial charge in [0.1, 0.15) is 8.80 Å². The third kappa shape index (κ3) is 4.28. The largest absolute Gasteiger partial charge is 0.388 e. The van der Waals surface area contributed by atoms with E-state index in [1.54, 1.807) is 7.11 Å². The van der Waals surface area contributed by atoms with Crippen molar-refractivity contribution in [3.8, 4) is 0 Å². The van der Waals surface area contributed by atoms with Crippen molar-refractivity contribution in [1.29, 1.82) is 0 Å². The summed E-state index contributed by atoms with van der Waals surface area (Å²) in [6.07, 6.45) is 3.95. The van der Waals surface area contributed by atoms with Gasteiger partial charge in [0, 0.05) is 26.4 Å². The Balaban J connectivity index is 2.02. The van der Waals surface area contributed by atoms with Crippen molar-refractivity contribution in [1.82, 2.24) is 4.90 Å². The summed E-state index contributed by atoms with van der Waals surface area (Å²) < 4.78 is 10.8. The zero-order valence-corrected chi connectivity index (χ0v) is 12.8. The number of methoxy groups -OCH3 is 1. The molecule has 1 aromatic rings. The highest BCUT2D eigenvalue weighted by Gasteiger charge is 2.19. The first-order valence-electron chi connectivity index (χ1n) is 6.85. The second-order valence-corrected chi connectivity index (χ2v) is 7.70. The van der Waals surface area contributed by atoms with Crippen molar-refractivity contribution in [2.45, 2.75) is 0 Å². The van der Waals surface area contributed by atoms with Gasteiger partial charge >= 0.3 is 0 Å². The fourth-order valence-corrected chi connectivity index (χ4v) is 5.09. The van der Waals surface area contributed by atoms with Gasteiger partial charge in [-0.15, -0.1) is 0 Å². The molecular weight excluding hydrogens is 254 g/mol. The molecule has 3 nitrogen and oxygen atoms in total. The lowest BCUT2D eigenvalue weighted by Crippen LogP contribution is -2.49. The smallest absolute Gasteiger partial charge is 0.114 e. The molecule has 1 aliphatic heterocycles. The Hall–Kier alpha value is -0.943. The van der Waals surface area contributed by atoms with Crippen LogP contribution in [0.5, 0.6) is 0 Å². The zero-order valence-electron chi connectivity index (χ0n) is 11.7. The molecule has 1 atom stereocenters. The Kier molecular flexibility index (Phi) is 5.79. The van der Waals surface area contributed by atoms with E-state index in [1.165, 1.54) is 16.9 Å². The summed E-state index contributed by atoms with van der Waals surface area (Å²) in [5.41, 5.74) is 1.18. The average molecular weight is 277 g/mol. The molecule has 1 aliphatic rings. The third-order valence-electron chi connectivity index (χ3n) is 3.59. The topological polar surface area (TPSA) is 21.7 Å². The molecule has 0 bridgehead atoms. The predicted octanol–water partition coefficient (Wildman–Crippen LogP) is 0.821. The Morgan fingerprint density at radius 1 is 1.32 bits per heavy atom. The van der Waals surface area contributed by atoms with Crippen LogP contribution in [0.15, 0.2) is 30.8 Å². The molecule has 1 unspecified atom stereocenters. The first kappa shape index (κ1) is 14.5. The number of benzene rings is 1. The minimum Gasteiger partial charge on any atom is -0.388 e. The number of hydrogen-bond donors (Lipinski definition) is 0. The molecule has 1 heterocycles. The summed E-state index contributed by atoms with van der Waals surface area (Å²) in [5.74, 6) is 0. The van der Waals surface area contributed by atoms with Crippen LogP contribution in [-0.2, 0) is 9.47 Å². The fraction of sp³-hybridized carbons (Fsp3) is 0.467. The predicted molar refractivity (Wildman–Crippen MR) is 82.5 cm³/mol. The van der Waals surface area contributed by atoms with Crippen LogP contribution in [0.2, 0.25) is 0 Å². The Labute approximate surface area is 117 Å². The Morgan fingerprint density at radius 2 is 2.00 bits per heavy atom. The molecule has 0 radical (unpaired) electrons. The van der Waals surface area contributed by atoms with Gasteiger partial charge in [-0.25, -0.2) is 0 Å². The summed E-state index contributed by atoms with van der Waals surface area (Å²) in [7, 11) is 0.720. The molecule has 0 amide bonds. The van der Waals surface area contributed by atoms with E-state index >= 15 is 0 Å². The van der Waals surface area contributed by atoms with Crippen LogP contribution in [-0.4, -0.2) is 59.5 Å². The monoisotopic (exact) mass is 277 g/mol. The average Bonchev–Trinajstić information content (AvgIpc) is 2.48. The van der Waals surface area contributed by atoms with Crippen LogP contribution >= 0.6 is 0 Å². The highest BCUT2D eigenvalue weighted by atomic mass is 28.3. The highest BCUT2D eigenvalue weighted by molar-refractivity contribution is 6.73. The highest BCUT2D eigenvalue weighted by Crippen LogP contribution is 2.02. The summed E-state index contributed by atoms with van der Waals surface area (Å²) in [6, 6.07) is 8.79. The van der Waals surface area contributed by atoms with Crippen molar-refractivity contribution in [2.24, 2.45) is 0 Å². The molecule has 0 aromatic heterocycles. The van der Waals surface area contributed by atoms with Crippen LogP contribution < -0.4 is 5.19 Å². The lowest BCUT2D eigenvalue weighted by atomic mass is 10.2. The summed E-state index contributed by atoms with van der Waals surface area (Å²) in [6.45, 7) is 7.64. The molecule has 19 heavy (non-hydrogen) atoms. The molecular formula is C15H23NO2Si. The lowest BCUT2D eigenvalue weighted by Gasteiger charge is -2.29. The van der Waals surface area contributed by atoms with Gasteiger partial charge in [-0.3, -0.25) is 0 Å². The van der Waals surface area contributed by atoms with Crippen LogP contribution in [0.1, 0.15) is 5.56 Å². The standard InChI is InChI=1S/C15H23NO2Si/c1-3-14-4-6-15(7-5-14)19(13-17-2)12-16-8-10-18-11-9-16/h3-7,19H,1,8-13H2,2H3. The zero-order chi connectivity index (χ0) is 13.5. The molecule has 1 aromatic carbocycles. The lowest BCUT2D eigenvalue weighted by molar-refractivity contribution is 0.0456. The van der Waals surface area contributed by atoms with Gasteiger partial charge in [0.05, 0.1) is 13.2 Å². The van der Waals surface area contributed by atoms with Crippen molar-refractivity contribution < 1.29 is 9.47 Å². The maximum Gasteiger partial charge on any atom is 0.114 e. The van der Waals surface area contributed by atoms with E-state index in [2.05, 4.69) is 35.7 Å². The summed E-state index contributed by atoms with van der Waals surface area (Å²) in [4.78, 5) is 2.51. The molecule has 0 spiro atoms. The van der Waals surface area contributed by atoms with Crippen molar-refractivity contribution in [3.05, 3.63) is 36.4 Å². The van der Waals surface area contributed by atoms with Gasteiger partial charge in [0.15, 0.2) is 0 Å². The van der Waals surface area contributed by atoms with E-state index in [1.807, 2.05) is 6.08 Å². The number of nitrogens with zero attached hydrogens (tertiary/aromatic N) is 1. The van der Waals surface area contributed by atoms with E-state index in [4.69, 9.17) is 9.47 Å². The first-order valence-corrected chi connectivity index (χ1v) is 9.06. The van der Waals surface area contributed by atoms with Gasteiger partial charge < -0.3 is 14.4 Å². The number of ether oxygens (including phenoxy) is 2. The van der Waals surface area contributed by atoms with Crippen molar-refractivity contribution in [2.75, 3.05) is 45.8 Å². The minimum absolute atomic E-state index is 0.865. The number of rotatable bonds is 6. The Bertz CT molecular complexity index is 388.